The molecule has 0 unspecified atom stereocenters. The van der Waals surface area contributed by atoms with Crippen molar-refractivity contribution in [3.8, 4) is 22.8 Å². The summed E-state index contributed by atoms with van der Waals surface area (Å²) >= 11 is 8.16. The Bertz CT molecular complexity index is 945. The number of thiazole rings is 1. The van der Waals surface area contributed by atoms with E-state index in [1.807, 2.05) is 41.8 Å². The molecule has 146 valence electrons. The van der Waals surface area contributed by atoms with Gasteiger partial charge in [-0.3, -0.25) is 10.1 Å². The minimum absolute atomic E-state index is 0.0986. The maximum atomic E-state index is 12.1. The average molecular weight is 526 g/mol. The van der Waals surface area contributed by atoms with Crippen LogP contribution in [-0.2, 0) is 4.79 Å². The maximum Gasteiger partial charge on any atom is 0.264 e. The molecule has 1 aromatic heterocycles. The lowest BCUT2D eigenvalue weighted by Gasteiger charge is -2.08. The van der Waals surface area contributed by atoms with Gasteiger partial charge in [-0.15, -0.1) is 11.3 Å². The second-order valence-corrected chi connectivity index (χ2v) is 8.45. The van der Waals surface area contributed by atoms with Crippen molar-refractivity contribution in [2.24, 2.45) is 0 Å². The zero-order chi connectivity index (χ0) is 19.9. The van der Waals surface area contributed by atoms with Gasteiger partial charge in [-0.25, -0.2) is 4.98 Å². The van der Waals surface area contributed by atoms with Crippen LogP contribution in [0.3, 0.4) is 0 Å². The van der Waals surface area contributed by atoms with Crippen LogP contribution < -0.4 is 14.8 Å². The monoisotopic (exact) mass is 524 g/mol. The lowest BCUT2D eigenvalue weighted by atomic mass is 10.2. The number of anilines is 1. The smallest absolute Gasteiger partial charge is 0.264 e. The second kappa shape index (κ2) is 10.0. The van der Waals surface area contributed by atoms with E-state index in [1.165, 1.54) is 11.3 Å². The first-order valence-corrected chi connectivity index (χ1v) is 11.1. The molecule has 1 amide bonds. The molecule has 0 aliphatic heterocycles. The second-order valence-electron chi connectivity index (χ2n) is 5.82. The third-order valence-electron chi connectivity index (χ3n) is 3.63. The Morgan fingerprint density at radius 1 is 1.14 bits per heavy atom. The molecule has 2 aromatic carbocycles. The summed E-state index contributed by atoms with van der Waals surface area (Å²) < 4.78 is 12.8. The van der Waals surface area contributed by atoms with Crippen molar-refractivity contribution in [1.29, 1.82) is 0 Å². The maximum absolute atomic E-state index is 12.1. The summed E-state index contributed by atoms with van der Waals surface area (Å²) in [5, 5.41) is 5.21. The molecule has 0 saturated heterocycles. The lowest BCUT2D eigenvalue weighted by molar-refractivity contribution is -0.118. The van der Waals surface area contributed by atoms with Crippen molar-refractivity contribution in [2.45, 2.75) is 13.3 Å². The van der Waals surface area contributed by atoms with Gasteiger partial charge in [0.05, 0.1) is 16.8 Å². The fraction of sp³-hybridized carbons (Fsp3) is 0.200. The molecule has 0 radical (unpaired) electrons. The van der Waals surface area contributed by atoms with E-state index in [0.717, 1.165) is 32.4 Å². The molecule has 1 N–H and O–H groups in total. The van der Waals surface area contributed by atoms with Crippen molar-refractivity contribution in [3.05, 3.63) is 56.8 Å². The van der Waals surface area contributed by atoms with E-state index in [9.17, 15) is 4.79 Å². The number of hydrogen-bond acceptors (Lipinski definition) is 5. The number of hydrogen-bond donors (Lipinski definition) is 1. The van der Waals surface area contributed by atoms with Crippen molar-refractivity contribution in [2.75, 3.05) is 18.5 Å². The molecule has 1 heterocycles. The molecule has 3 rings (SSSR count). The third-order valence-corrected chi connectivity index (χ3v) is 5.50. The molecular weight excluding hydrogens is 508 g/mol. The first-order chi connectivity index (χ1) is 13.5. The number of benzene rings is 2. The number of aromatic nitrogens is 1. The number of nitrogens with one attached hydrogen (secondary N) is 1. The zero-order valence-electron chi connectivity index (χ0n) is 15.1. The number of nitrogens with zero attached hydrogens (tertiary/aromatic N) is 1. The molecule has 28 heavy (non-hydrogen) atoms. The van der Waals surface area contributed by atoms with Gasteiger partial charge in [0.2, 0.25) is 0 Å². The van der Waals surface area contributed by atoms with Crippen LogP contribution in [0, 0.1) is 0 Å². The van der Waals surface area contributed by atoms with Crippen LogP contribution in [0.4, 0.5) is 5.13 Å². The van der Waals surface area contributed by atoms with Gasteiger partial charge in [0.1, 0.15) is 11.5 Å². The van der Waals surface area contributed by atoms with E-state index in [-0.39, 0.29) is 12.5 Å². The summed E-state index contributed by atoms with van der Waals surface area (Å²) in [4.78, 5) is 16.6. The fourth-order valence-electron chi connectivity index (χ4n) is 2.30. The highest BCUT2D eigenvalue weighted by atomic mass is 79.9. The third kappa shape index (κ3) is 5.80. The molecule has 0 bridgehead atoms. The van der Waals surface area contributed by atoms with Crippen molar-refractivity contribution < 1.29 is 14.3 Å². The Kier molecular flexibility index (Phi) is 7.47. The first kappa shape index (κ1) is 20.8. The Morgan fingerprint density at radius 3 is 2.64 bits per heavy atom. The van der Waals surface area contributed by atoms with Crippen molar-refractivity contribution in [1.82, 2.24) is 4.98 Å². The standard InChI is InChI=1S/C20H18Br2N2O3S/c1-2-9-26-15-6-3-13(4-7-15)17-12-28-20(23-17)24-19(25)11-27-18-8-5-14(21)10-16(18)22/h3-8,10,12H,2,9,11H2,1H3,(H,23,24,25). The minimum Gasteiger partial charge on any atom is -0.494 e. The fourth-order valence-corrected chi connectivity index (χ4v) is 4.19. The van der Waals surface area contributed by atoms with Crippen molar-refractivity contribution in [3.63, 3.8) is 0 Å². The quantitative estimate of drug-likeness (QED) is 0.383. The summed E-state index contributed by atoms with van der Waals surface area (Å²) in [6, 6.07) is 13.3. The first-order valence-electron chi connectivity index (χ1n) is 8.61. The number of rotatable bonds is 8. The van der Waals surface area contributed by atoms with Crippen LogP contribution in [0.15, 0.2) is 56.8 Å². The largest absolute Gasteiger partial charge is 0.494 e. The van der Waals surface area contributed by atoms with Crippen LogP contribution in [0.5, 0.6) is 11.5 Å². The average Bonchev–Trinajstić information content (AvgIpc) is 3.14. The summed E-state index contributed by atoms with van der Waals surface area (Å²) in [7, 11) is 0. The Hall–Kier alpha value is -1.90. The predicted molar refractivity (Wildman–Crippen MR) is 119 cm³/mol. The molecule has 8 heteroatoms. The highest BCUT2D eigenvalue weighted by molar-refractivity contribution is 9.11. The van der Waals surface area contributed by atoms with Gasteiger partial charge in [0.15, 0.2) is 11.7 Å². The van der Waals surface area contributed by atoms with Gasteiger partial charge in [0, 0.05) is 15.4 Å². The highest BCUT2D eigenvalue weighted by Crippen LogP contribution is 2.29. The van der Waals surface area contributed by atoms with Crippen LogP contribution >= 0.6 is 43.2 Å². The molecule has 0 aliphatic carbocycles. The van der Waals surface area contributed by atoms with Crippen LogP contribution in [-0.4, -0.2) is 24.1 Å². The normalized spacial score (nSPS) is 10.5. The van der Waals surface area contributed by atoms with E-state index in [4.69, 9.17) is 9.47 Å². The SMILES string of the molecule is CCCOc1ccc(-c2csc(NC(=O)COc3ccc(Br)cc3Br)n2)cc1. The predicted octanol–water partition coefficient (Wildman–Crippen LogP) is 6.14. The van der Waals surface area contributed by atoms with E-state index < -0.39 is 0 Å². The molecule has 3 aromatic rings. The lowest BCUT2D eigenvalue weighted by Crippen LogP contribution is -2.20. The van der Waals surface area contributed by atoms with E-state index >= 15 is 0 Å². The highest BCUT2D eigenvalue weighted by Gasteiger charge is 2.10. The molecule has 0 atom stereocenters. The molecule has 0 fully saturated rings. The summed E-state index contributed by atoms with van der Waals surface area (Å²) in [6.45, 7) is 2.67. The zero-order valence-corrected chi connectivity index (χ0v) is 19.1. The number of ether oxygens (including phenoxy) is 2. The van der Waals surface area contributed by atoms with Crippen LogP contribution in [0.25, 0.3) is 11.3 Å². The van der Waals surface area contributed by atoms with Crippen molar-refractivity contribution >= 4 is 54.2 Å². The van der Waals surface area contributed by atoms with Gasteiger partial charge in [-0.1, -0.05) is 22.9 Å². The number of carbonyl (C=O) groups excluding carboxylic acids is 1. The topological polar surface area (TPSA) is 60.5 Å². The Labute approximate surface area is 184 Å². The Balaban J connectivity index is 1.55. The van der Waals surface area contributed by atoms with Gasteiger partial charge in [-0.05, 0) is 64.8 Å². The summed E-state index contributed by atoms with van der Waals surface area (Å²) in [6.07, 6.45) is 0.972. The number of amides is 1. The van der Waals surface area contributed by atoms with Crippen LogP contribution in [0.1, 0.15) is 13.3 Å². The Morgan fingerprint density at radius 2 is 1.93 bits per heavy atom. The van der Waals surface area contributed by atoms with Gasteiger partial charge in [-0.2, -0.15) is 0 Å². The van der Waals surface area contributed by atoms with Gasteiger partial charge < -0.3 is 9.47 Å². The number of carbonyl (C=O) groups is 1. The van der Waals surface area contributed by atoms with Crippen LogP contribution in [0.2, 0.25) is 0 Å². The van der Waals surface area contributed by atoms with Gasteiger partial charge >= 0.3 is 0 Å². The van der Waals surface area contributed by atoms with E-state index in [1.54, 1.807) is 6.07 Å². The summed E-state index contributed by atoms with van der Waals surface area (Å²) in [5.41, 5.74) is 1.77. The molecule has 0 spiro atoms. The minimum atomic E-state index is -0.265. The molecule has 0 aliphatic rings. The number of halogens is 2. The summed E-state index contributed by atoms with van der Waals surface area (Å²) in [5.74, 6) is 1.17. The molecular formula is C20H18Br2N2O3S. The van der Waals surface area contributed by atoms with E-state index in [2.05, 4.69) is 49.1 Å². The molecule has 0 saturated carbocycles. The van der Waals surface area contributed by atoms with E-state index in [0.29, 0.717) is 17.5 Å². The van der Waals surface area contributed by atoms with Gasteiger partial charge in [0.25, 0.3) is 5.91 Å². The molecule has 5 nitrogen and oxygen atoms in total.